The van der Waals surface area contributed by atoms with Crippen molar-refractivity contribution in [3.05, 3.63) is 125 Å². The van der Waals surface area contributed by atoms with Crippen molar-refractivity contribution < 1.29 is 27.1 Å². The largest absolute Gasteiger partial charge is 0.494 e. The molecule has 0 aliphatic carbocycles. The second-order valence-electron chi connectivity index (χ2n) is 11.4. The summed E-state index contributed by atoms with van der Waals surface area (Å²) in [5, 5.41) is 2.97. The molecule has 4 rings (SSSR count). The Morgan fingerprint density at radius 2 is 1.51 bits per heavy atom. The van der Waals surface area contributed by atoms with Crippen molar-refractivity contribution >= 4 is 43.5 Å². The second kappa shape index (κ2) is 16.6. The van der Waals surface area contributed by atoms with Crippen LogP contribution in [-0.4, -0.2) is 50.9 Å². The fourth-order valence-electron chi connectivity index (χ4n) is 4.90. The van der Waals surface area contributed by atoms with Gasteiger partial charge in [-0.15, -0.1) is 0 Å². The van der Waals surface area contributed by atoms with Gasteiger partial charge in [0.25, 0.3) is 10.0 Å². The number of halogens is 2. The van der Waals surface area contributed by atoms with E-state index in [1.165, 1.54) is 41.3 Å². The minimum atomic E-state index is -4.33. The lowest BCUT2D eigenvalue weighted by Gasteiger charge is -2.34. The molecule has 8 nitrogen and oxygen atoms in total. The van der Waals surface area contributed by atoms with Crippen LogP contribution in [0.1, 0.15) is 31.9 Å². The van der Waals surface area contributed by atoms with E-state index in [1.807, 2.05) is 75.4 Å². The molecule has 0 unspecified atom stereocenters. The zero-order chi connectivity index (χ0) is 34.0. The fraction of sp³-hybridized carbons (Fsp3) is 0.278. The van der Waals surface area contributed by atoms with Gasteiger partial charge >= 0.3 is 0 Å². The van der Waals surface area contributed by atoms with E-state index in [4.69, 9.17) is 4.74 Å². The van der Waals surface area contributed by atoms with E-state index in [-0.39, 0.29) is 35.4 Å². The van der Waals surface area contributed by atoms with Crippen LogP contribution in [0, 0.1) is 11.7 Å². The maximum atomic E-state index is 14.5. The van der Waals surface area contributed by atoms with Gasteiger partial charge in [0.05, 0.1) is 17.2 Å². The highest BCUT2D eigenvalue weighted by molar-refractivity contribution is 9.10. The number of nitrogens with zero attached hydrogens (tertiary/aromatic N) is 2. The van der Waals surface area contributed by atoms with Crippen LogP contribution in [0.2, 0.25) is 0 Å². The number of carbonyl (C=O) groups excluding carboxylic acids is 2. The second-order valence-corrected chi connectivity index (χ2v) is 14.2. The first-order chi connectivity index (χ1) is 22.5. The minimum Gasteiger partial charge on any atom is -0.494 e. The van der Waals surface area contributed by atoms with Gasteiger partial charge in [0.15, 0.2) is 0 Å². The van der Waals surface area contributed by atoms with Gasteiger partial charge in [-0.25, -0.2) is 12.8 Å². The van der Waals surface area contributed by atoms with Crippen molar-refractivity contribution in [3.63, 3.8) is 0 Å². The predicted octanol–water partition coefficient (Wildman–Crippen LogP) is 6.59. The van der Waals surface area contributed by atoms with E-state index in [2.05, 4.69) is 21.2 Å². The van der Waals surface area contributed by atoms with Crippen LogP contribution < -0.4 is 14.4 Å². The van der Waals surface area contributed by atoms with Gasteiger partial charge in [-0.05, 0) is 84.6 Å². The molecule has 0 heterocycles. The Kier molecular flexibility index (Phi) is 12.6. The smallest absolute Gasteiger partial charge is 0.264 e. The predicted molar refractivity (Wildman–Crippen MR) is 185 cm³/mol. The summed E-state index contributed by atoms with van der Waals surface area (Å²) in [6.07, 6.45) is 0.204. The highest BCUT2D eigenvalue weighted by Crippen LogP contribution is 2.27. The Hall–Kier alpha value is -4.22. The van der Waals surface area contributed by atoms with Crippen molar-refractivity contribution in [2.75, 3.05) is 24.0 Å². The third-order valence-electron chi connectivity index (χ3n) is 7.34. The molecule has 0 spiro atoms. The lowest BCUT2D eigenvalue weighted by Crippen LogP contribution is -2.53. The van der Waals surface area contributed by atoms with Crippen molar-refractivity contribution in [1.29, 1.82) is 0 Å². The number of anilines is 1. The summed E-state index contributed by atoms with van der Waals surface area (Å²) in [5.41, 5.74) is 1.68. The number of sulfonamides is 1. The van der Waals surface area contributed by atoms with Gasteiger partial charge in [0.1, 0.15) is 24.2 Å². The molecule has 1 N–H and O–H groups in total. The SMILES string of the molecule is CCOc1ccc(S(=O)(=O)N(CC(=O)N(Cc2ccc(Br)cc2)[C@@H](Cc2ccccc2)C(=O)NCC(C)C)c2ccc(F)cc2)cc1. The van der Waals surface area contributed by atoms with E-state index in [0.717, 1.165) is 32.0 Å². The first-order valence-electron chi connectivity index (χ1n) is 15.3. The van der Waals surface area contributed by atoms with Gasteiger partial charge in [-0.2, -0.15) is 0 Å². The molecular formula is C36H39BrFN3O5S. The highest BCUT2D eigenvalue weighted by Gasteiger charge is 2.34. The molecule has 4 aromatic carbocycles. The lowest BCUT2D eigenvalue weighted by molar-refractivity contribution is -0.140. The Balaban J connectivity index is 1.78. The van der Waals surface area contributed by atoms with Gasteiger partial charge < -0.3 is 15.0 Å². The van der Waals surface area contributed by atoms with Crippen LogP contribution in [0.3, 0.4) is 0 Å². The van der Waals surface area contributed by atoms with E-state index in [9.17, 15) is 22.4 Å². The van der Waals surface area contributed by atoms with Gasteiger partial charge in [-0.1, -0.05) is 72.2 Å². The van der Waals surface area contributed by atoms with E-state index >= 15 is 0 Å². The standard InChI is InChI=1S/C36H39BrFN3O5S/c1-4-46-32-18-20-33(21-19-32)47(44,45)41(31-16-14-30(38)15-17-31)25-35(42)40(24-28-10-12-29(37)13-11-28)34(36(43)39-23-26(2)3)22-27-8-6-5-7-9-27/h5-21,26,34H,4,22-25H2,1-3H3,(H,39,43)/t34-/m0/s1. The van der Waals surface area contributed by atoms with Crippen LogP contribution in [0.5, 0.6) is 5.75 Å². The normalized spacial score (nSPS) is 12.0. The van der Waals surface area contributed by atoms with Gasteiger partial charge in [-0.3, -0.25) is 13.9 Å². The fourth-order valence-corrected chi connectivity index (χ4v) is 6.58. The van der Waals surface area contributed by atoms with Crippen molar-refractivity contribution in [1.82, 2.24) is 10.2 Å². The van der Waals surface area contributed by atoms with Crippen molar-refractivity contribution in [3.8, 4) is 5.75 Å². The zero-order valence-electron chi connectivity index (χ0n) is 26.6. The summed E-state index contributed by atoms with van der Waals surface area (Å²) in [4.78, 5) is 29.7. The number of benzene rings is 4. The molecular weight excluding hydrogens is 685 g/mol. The molecule has 1 atom stereocenters. The number of ether oxygens (including phenoxy) is 1. The first kappa shape index (κ1) is 35.6. The number of hydrogen-bond acceptors (Lipinski definition) is 5. The number of rotatable bonds is 15. The maximum Gasteiger partial charge on any atom is 0.264 e. The molecule has 0 fully saturated rings. The number of nitrogens with one attached hydrogen (secondary N) is 1. The Morgan fingerprint density at radius 3 is 2.11 bits per heavy atom. The molecule has 2 amide bonds. The summed E-state index contributed by atoms with van der Waals surface area (Å²) in [5.74, 6) is -0.851. The third-order valence-corrected chi connectivity index (χ3v) is 9.65. The Morgan fingerprint density at radius 1 is 0.872 bits per heavy atom. The molecule has 0 bridgehead atoms. The number of amides is 2. The average Bonchev–Trinajstić information content (AvgIpc) is 3.06. The summed E-state index contributed by atoms with van der Waals surface area (Å²) in [6.45, 7) is 5.98. The topological polar surface area (TPSA) is 96.0 Å². The molecule has 0 aromatic heterocycles. The van der Waals surface area contributed by atoms with Gasteiger partial charge in [0.2, 0.25) is 11.8 Å². The first-order valence-corrected chi connectivity index (χ1v) is 17.6. The van der Waals surface area contributed by atoms with Crippen LogP contribution in [-0.2, 0) is 32.6 Å². The summed E-state index contributed by atoms with van der Waals surface area (Å²) in [6, 6.07) is 26.5. The molecule has 4 aromatic rings. The minimum absolute atomic E-state index is 0.0407. The summed E-state index contributed by atoms with van der Waals surface area (Å²) < 4.78 is 49.5. The molecule has 248 valence electrons. The Bertz CT molecular complexity index is 1720. The number of carbonyl (C=O) groups is 2. The average molecular weight is 725 g/mol. The van der Waals surface area contributed by atoms with Crippen LogP contribution in [0.4, 0.5) is 10.1 Å². The van der Waals surface area contributed by atoms with Crippen LogP contribution in [0.15, 0.2) is 112 Å². The molecule has 0 aliphatic heterocycles. The third kappa shape index (κ3) is 9.89. The lowest BCUT2D eigenvalue weighted by atomic mass is 10.0. The zero-order valence-corrected chi connectivity index (χ0v) is 29.0. The van der Waals surface area contributed by atoms with E-state index < -0.39 is 34.3 Å². The molecule has 11 heteroatoms. The quantitative estimate of drug-likeness (QED) is 0.149. The summed E-state index contributed by atoms with van der Waals surface area (Å²) >= 11 is 3.44. The van der Waals surface area contributed by atoms with Gasteiger partial charge in [0, 0.05) is 24.0 Å². The van der Waals surface area contributed by atoms with Crippen LogP contribution in [0.25, 0.3) is 0 Å². The van der Waals surface area contributed by atoms with Crippen molar-refractivity contribution in [2.24, 2.45) is 5.92 Å². The van der Waals surface area contributed by atoms with E-state index in [1.54, 1.807) is 0 Å². The Labute approximate surface area is 284 Å². The molecule has 47 heavy (non-hydrogen) atoms. The van der Waals surface area contributed by atoms with E-state index in [0.29, 0.717) is 18.9 Å². The maximum absolute atomic E-state index is 14.5. The number of hydrogen-bond donors (Lipinski definition) is 1. The summed E-state index contributed by atoms with van der Waals surface area (Å²) in [7, 11) is -4.33. The molecule has 0 saturated heterocycles. The highest BCUT2D eigenvalue weighted by atomic mass is 79.9. The van der Waals surface area contributed by atoms with Crippen LogP contribution >= 0.6 is 15.9 Å². The van der Waals surface area contributed by atoms with Crippen molar-refractivity contribution in [2.45, 2.75) is 44.7 Å². The molecule has 0 saturated carbocycles. The molecule has 0 radical (unpaired) electrons. The molecule has 0 aliphatic rings. The monoisotopic (exact) mass is 723 g/mol.